The summed E-state index contributed by atoms with van der Waals surface area (Å²) in [6.45, 7) is 6.34. The maximum atomic E-state index is 13.9. The number of carboxylic acids is 1. The average molecular weight is 761 g/mol. The number of anilines is 3. The van der Waals surface area contributed by atoms with E-state index < -0.39 is 5.97 Å². The number of piperidine rings is 1. The summed E-state index contributed by atoms with van der Waals surface area (Å²) in [6, 6.07) is 26.7. The molecule has 0 atom stereocenters. The summed E-state index contributed by atoms with van der Waals surface area (Å²) >= 11 is 7.54. The first-order chi connectivity index (χ1) is 23.7. The van der Waals surface area contributed by atoms with Crippen molar-refractivity contribution < 1.29 is 19.4 Å². The van der Waals surface area contributed by atoms with Crippen molar-refractivity contribution >= 4 is 68.4 Å². The lowest BCUT2D eigenvalue weighted by molar-refractivity contribution is -0.120. The second kappa shape index (κ2) is 15.5. The first kappa shape index (κ1) is 35.2. The van der Waals surface area contributed by atoms with Gasteiger partial charge in [0.2, 0.25) is 5.91 Å². The highest BCUT2D eigenvalue weighted by molar-refractivity contribution is 9.10. The van der Waals surface area contributed by atoms with E-state index in [0.717, 1.165) is 59.7 Å². The van der Waals surface area contributed by atoms with Crippen LogP contribution >= 0.6 is 39.5 Å². The van der Waals surface area contributed by atoms with Crippen LogP contribution in [0.2, 0.25) is 0 Å². The van der Waals surface area contributed by atoms with E-state index in [-0.39, 0.29) is 27.7 Å². The zero-order valence-electron chi connectivity index (χ0n) is 28.1. The zero-order valence-corrected chi connectivity index (χ0v) is 31.3. The van der Waals surface area contributed by atoms with Gasteiger partial charge in [0.25, 0.3) is 0 Å². The Balaban J connectivity index is 1.32. The molecule has 2 aliphatic rings. The van der Waals surface area contributed by atoms with Crippen molar-refractivity contribution in [1.82, 2.24) is 5.43 Å². The molecule has 2 N–H and O–H groups in total. The van der Waals surface area contributed by atoms with Crippen molar-refractivity contribution in [2.24, 2.45) is 0 Å². The molecule has 2 aliphatic heterocycles. The number of halogens is 1. The zero-order chi connectivity index (χ0) is 34.5. The van der Waals surface area contributed by atoms with Crippen molar-refractivity contribution in [3.05, 3.63) is 106 Å². The van der Waals surface area contributed by atoms with Crippen molar-refractivity contribution in [3.8, 4) is 16.9 Å². The normalized spacial score (nSPS) is 15.8. The van der Waals surface area contributed by atoms with Gasteiger partial charge in [0.05, 0.1) is 34.7 Å². The number of para-hydroxylation sites is 1. The SMILES string of the molecule is COc1cc(CC(=O)NN(c2ccc(-c3ccc(C4(C)SCCCS4)cc3)cc2)c2c(C)cccc2N2CCCCC2)c(Br)cc1C(=O)O. The van der Waals surface area contributed by atoms with Crippen LogP contribution in [0.1, 0.15) is 59.7 Å². The van der Waals surface area contributed by atoms with Crippen LogP contribution in [-0.4, -0.2) is 48.7 Å². The number of hydrogen-bond acceptors (Lipinski definition) is 7. The Labute approximate surface area is 305 Å². The van der Waals surface area contributed by atoms with Gasteiger partial charge in [0, 0.05) is 17.6 Å². The fraction of sp³-hybridized carbons (Fsp3) is 0.333. The number of benzene rings is 4. The Morgan fingerprint density at radius 1 is 0.939 bits per heavy atom. The molecule has 0 bridgehead atoms. The van der Waals surface area contributed by atoms with E-state index in [1.54, 1.807) is 6.07 Å². The minimum absolute atomic E-state index is 0.0121. The molecular weight excluding hydrogens is 718 g/mol. The number of thioether (sulfide) groups is 2. The summed E-state index contributed by atoms with van der Waals surface area (Å²) in [5.74, 6) is 1.26. The van der Waals surface area contributed by atoms with Crippen molar-refractivity contribution in [3.63, 3.8) is 0 Å². The largest absolute Gasteiger partial charge is 0.496 e. The number of hydrogen-bond donors (Lipinski definition) is 2. The Morgan fingerprint density at radius 2 is 1.59 bits per heavy atom. The molecule has 49 heavy (non-hydrogen) atoms. The molecule has 7 nitrogen and oxygen atoms in total. The highest BCUT2D eigenvalue weighted by Gasteiger charge is 2.30. The second-order valence-electron chi connectivity index (χ2n) is 12.6. The molecule has 1 amide bonds. The molecule has 2 saturated heterocycles. The van der Waals surface area contributed by atoms with Crippen molar-refractivity contribution in [2.75, 3.05) is 41.6 Å². The number of ether oxygens (including phenoxy) is 1. The predicted molar refractivity (Wildman–Crippen MR) is 208 cm³/mol. The number of methoxy groups -OCH3 is 1. The number of amides is 1. The Morgan fingerprint density at radius 3 is 2.22 bits per heavy atom. The molecule has 2 heterocycles. The van der Waals surface area contributed by atoms with Gasteiger partial charge in [0.15, 0.2) is 0 Å². The van der Waals surface area contributed by atoms with E-state index in [0.29, 0.717) is 10.0 Å². The van der Waals surface area contributed by atoms with Crippen LogP contribution in [0, 0.1) is 6.92 Å². The van der Waals surface area contributed by atoms with Crippen LogP contribution in [0.4, 0.5) is 17.1 Å². The van der Waals surface area contributed by atoms with Crippen molar-refractivity contribution in [2.45, 2.75) is 50.0 Å². The number of aromatic carboxylic acids is 1. The summed E-state index contributed by atoms with van der Waals surface area (Å²) < 4.78 is 5.97. The summed E-state index contributed by atoms with van der Waals surface area (Å²) in [5, 5.41) is 11.5. The topological polar surface area (TPSA) is 82.1 Å². The molecule has 4 aromatic carbocycles. The molecule has 2 fully saturated rings. The lowest BCUT2D eigenvalue weighted by Crippen LogP contribution is -2.41. The van der Waals surface area contributed by atoms with Crippen LogP contribution < -0.4 is 20.1 Å². The molecule has 0 aliphatic carbocycles. The van der Waals surface area contributed by atoms with Crippen LogP contribution in [0.5, 0.6) is 5.75 Å². The van der Waals surface area contributed by atoms with E-state index in [4.69, 9.17) is 4.74 Å². The summed E-state index contributed by atoms with van der Waals surface area (Å²) in [4.78, 5) is 28.0. The van der Waals surface area contributed by atoms with E-state index in [1.165, 1.54) is 43.1 Å². The minimum Gasteiger partial charge on any atom is -0.496 e. The van der Waals surface area contributed by atoms with E-state index >= 15 is 0 Å². The molecule has 0 radical (unpaired) electrons. The quantitative estimate of drug-likeness (QED) is 0.155. The van der Waals surface area contributed by atoms with Gasteiger partial charge in [0.1, 0.15) is 11.3 Å². The number of carboxylic acid groups (broad SMARTS) is 1. The van der Waals surface area contributed by atoms with Gasteiger partial charge in [-0.25, -0.2) is 4.79 Å². The first-order valence-corrected chi connectivity index (χ1v) is 19.5. The maximum absolute atomic E-state index is 13.9. The molecular formula is C39H42BrN3O4S2. The number of rotatable bonds is 10. The number of hydrazine groups is 1. The van der Waals surface area contributed by atoms with Crippen LogP contribution in [0.15, 0.2) is 83.3 Å². The number of carbonyl (C=O) groups is 2. The molecule has 0 unspecified atom stereocenters. The summed E-state index contributed by atoms with van der Waals surface area (Å²) in [7, 11) is 1.43. The Bertz CT molecular complexity index is 1800. The maximum Gasteiger partial charge on any atom is 0.339 e. The molecule has 0 saturated carbocycles. The lowest BCUT2D eigenvalue weighted by Gasteiger charge is -2.35. The number of carbonyl (C=O) groups excluding carboxylic acids is 1. The van der Waals surface area contributed by atoms with Gasteiger partial charge in [-0.3, -0.25) is 15.2 Å². The van der Waals surface area contributed by atoms with E-state index in [2.05, 4.69) is 107 Å². The van der Waals surface area contributed by atoms with Gasteiger partial charge in [-0.1, -0.05) is 64.5 Å². The molecule has 10 heteroatoms. The minimum atomic E-state index is -1.10. The summed E-state index contributed by atoms with van der Waals surface area (Å²) in [5.41, 5.74) is 11.4. The second-order valence-corrected chi connectivity index (χ2v) is 16.7. The number of aryl methyl sites for hydroxylation is 1. The third kappa shape index (κ3) is 7.92. The van der Waals surface area contributed by atoms with Crippen molar-refractivity contribution in [1.29, 1.82) is 0 Å². The number of nitrogens with zero attached hydrogens (tertiary/aromatic N) is 2. The standard InChI is InChI=1S/C39H42BrN3O4S2/c1-26-9-7-10-34(42-19-5-4-6-20-42)37(26)43(41-36(44)24-29-23-35(47-3)32(38(45)46)25-33(29)40)31-17-13-28(14-18-31)27-11-15-30(16-12-27)39(2)48-21-8-22-49-39/h7,9-18,23,25H,4-6,8,19-22,24H2,1-3H3,(H,41,44)(H,45,46). The van der Waals surface area contributed by atoms with E-state index in [9.17, 15) is 14.7 Å². The molecule has 256 valence electrons. The lowest BCUT2D eigenvalue weighted by atomic mass is 10.0. The Hall–Kier alpha value is -3.60. The highest BCUT2D eigenvalue weighted by Crippen LogP contribution is 2.50. The fourth-order valence-corrected chi connectivity index (χ4v) is 10.0. The molecule has 4 aromatic rings. The van der Waals surface area contributed by atoms with Gasteiger partial charge in [-0.15, -0.1) is 23.5 Å². The van der Waals surface area contributed by atoms with E-state index in [1.807, 2.05) is 28.5 Å². The third-order valence-corrected chi connectivity index (χ3v) is 13.2. The highest BCUT2D eigenvalue weighted by atomic mass is 79.9. The monoisotopic (exact) mass is 759 g/mol. The third-order valence-electron chi connectivity index (χ3n) is 9.24. The number of nitrogens with one attached hydrogen (secondary N) is 1. The molecule has 6 rings (SSSR count). The Kier molecular flexibility index (Phi) is 11.2. The fourth-order valence-electron chi connectivity index (χ4n) is 6.55. The summed E-state index contributed by atoms with van der Waals surface area (Å²) in [6.07, 6.45) is 4.76. The average Bonchev–Trinajstić information content (AvgIpc) is 3.12. The van der Waals surface area contributed by atoms with Crippen LogP contribution in [-0.2, 0) is 15.3 Å². The van der Waals surface area contributed by atoms with Gasteiger partial charge in [-0.2, -0.15) is 0 Å². The smallest absolute Gasteiger partial charge is 0.339 e. The van der Waals surface area contributed by atoms with Gasteiger partial charge >= 0.3 is 5.97 Å². The van der Waals surface area contributed by atoms with Crippen LogP contribution in [0.3, 0.4) is 0 Å². The predicted octanol–water partition coefficient (Wildman–Crippen LogP) is 9.58. The van der Waals surface area contributed by atoms with Gasteiger partial charge < -0.3 is 14.7 Å². The molecule has 0 spiro atoms. The first-order valence-electron chi connectivity index (χ1n) is 16.7. The van der Waals surface area contributed by atoms with Crippen LogP contribution in [0.25, 0.3) is 11.1 Å². The molecule has 0 aromatic heterocycles. The van der Waals surface area contributed by atoms with Gasteiger partial charge in [-0.05, 0) is 109 Å².